The van der Waals surface area contributed by atoms with Crippen molar-refractivity contribution in [3.05, 3.63) is 64.1 Å². The Morgan fingerprint density at radius 2 is 1.95 bits per heavy atom. The molecular weight excluding hydrogens is 314 g/mol. The van der Waals surface area contributed by atoms with E-state index in [2.05, 4.69) is 28.2 Å². The summed E-state index contributed by atoms with van der Waals surface area (Å²) in [5.41, 5.74) is 3.26. The van der Waals surface area contributed by atoms with Gasteiger partial charge in [0.25, 0.3) is 0 Å². The molecule has 0 aromatic heterocycles. The van der Waals surface area contributed by atoms with Crippen LogP contribution in [0.15, 0.2) is 53.0 Å². The van der Waals surface area contributed by atoms with Crippen molar-refractivity contribution in [2.75, 3.05) is 5.32 Å². The molecular formula is C17H18BrNO. The molecule has 104 valence electrons. The highest BCUT2D eigenvalue weighted by atomic mass is 79.9. The number of halogens is 1. The normalized spacial score (nSPS) is 10.3. The molecule has 1 N–H and O–H groups in total. The first-order valence-corrected chi connectivity index (χ1v) is 7.60. The molecule has 2 aromatic rings. The third kappa shape index (κ3) is 4.20. The highest BCUT2D eigenvalue weighted by Crippen LogP contribution is 2.17. The van der Waals surface area contributed by atoms with Crippen molar-refractivity contribution >= 4 is 27.5 Å². The van der Waals surface area contributed by atoms with E-state index in [1.165, 1.54) is 11.1 Å². The van der Waals surface area contributed by atoms with E-state index in [0.29, 0.717) is 6.42 Å². The van der Waals surface area contributed by atoms with E-state index in [1.54, 1.807) is 0 Å². The predicted octanol–water partition coefficient (Wildman–Crippen LogP) is 4.58. The van der Waals surface area contributed by atoms with Gasteiger partial charge < -0.3 is 5.32 Å². The summed E-state index contributed by atoms with van der Waals surface area (Å²) < 4.78 is 1.05. The molecule has 0 aliphatic rings. The molecule has 0 saturated carbocycles. The zero-order chi connectivity index (χ0) is 14.4. The SMILES string of the molecule is CCc1ccccc1NC(=O)CCc1cccc(Br)c1. The van der Waals surface area contributed by atoms with Crippen molar-refractivity contribution in [1.29, 1.82) is 0 Å². The molecule has 0 radical (unpaired) electrons. The van der Waals surface area contributed by atoms with E-state index in [-0.39, 0.29) is 5.91 Å². The van der Waals surface area contributed by atoms with Crippen molar-refractivity contribution in [1.82, 2.24) is 0 Å². The number of carbonyl (C=O) groups is 1. The van der Waals surface area contributed by atoms with Crippen molar-refractivity contribution < 1.29 is 4.79 Å². The van der Waals surface area contributed by atoms with Gasteiger partial charge in [-0.25, -0.2) is 0 Å². The summed E-state index contributed by atoms with van der Waals surface area (Å²) in [5.74, 6) is 0.0610. The van der Waals surface area contributed by atoms with Crippen molar-refractivity contribution in [2.45, 2.75) is 26.2 Å². The number of hydrogen-bond acceptors (Lipinski definition) is 1. The summed E-state index contributed by atoms with van der Waals surface area (Å²) in [6, 6.07) is 16.0. The second kappa shape index (κ2) is 7.25. The van der Waals surface area contributed by atoms with E-state index >= 15 is 0 Å². The van der Waals surface area contributed by atoms with Crippen molar-refractivity contribution in [3.8, 4) is 0 Å². The molecule has 0 spiro atoms. The Kier molecular flexibility index (Phi) is 5.36. The minimum Gasteiger partial charge on any atom is -0.326 e. The van der Waals surface area contributed by atoms with Gasteiger partial charge in [-0.3, -0.25) is 4.79 Å². The molecule has 3 heteroatoms. The quantitative estimate of drug-likeness (QED) is 0.853. The van der Waals surface area contributed by atoms with Gasteiger partial charge in [-0.1, -0.05) is 53.2 Å². The predicted molar refractivity (Wildman–Crippen MR) is 86.9 cm³/mol. The van der Waals surface area contributed by atoms with Crippen LogP contribution in [-0.2, 0) is 17.6 Å². The molecule has 0 heterocycles. The molecule has 0 unspecified atom stereocenters. The van der Waals surface area contributed by atoms with Gasteiger partial charge in [-0.2, -0.15) is 0 Å². The Morgan fingerprint density at radius 1 is 1.15 bits per heavy atom. The maximum Gasteiger partial charge on any atom is 0.224 e. The molecule has 0 bridgehead atoms. The van der Waals surface area contributed by atoms with Crippen LogP contribution in [0, 0.1) is 0 Å². The van der Waals surface area contributed by atoms with Crippen molar-refractivity contribution in [3.63, 3.8) is 0 Å². The number of aryl methyl sites for hydroxylation is 2. The number of rotatable bonds is 5. The van der Waals surface area contributed by atoms with Crippen LogP contribution in [0.4, 0.5) is 5.69 Å². The Morgan fingerprint density at radius 3 is 2.70 bits per heavy atom. The Bertz CT molecular complexity index is 595. The first-order valence-electron chi connectivity index (χ1n) is 6.81. The average molecular weight is 332 g/mol. The highest BCUT2D eigenvalue weighted by molar-refractivity contribution is 9.10. The van der Waals surface area contributed by atoms with Gasteiger partial charge in [0.2, 0.25) is 5.91 Å². The molecule has 0 saturated heterocycles. The Labute approximate surface area is 128 Å². The summed E-state index contributed by atoms with van der Waals surface area (Å²) in [5, 5.41) is 3.00. The summed E-state index contributed by atoms with van der Waals surface area (Å²) >= 11 is 3.44. The van der Waals surface area contributed by atoms with Crippen LogP contribution in [0.25, 0.3) is 0 Å². The van der Waals surface area contributed by atoms with Crippen LogP contribution in [0.1, 0.15) is 24.5 Å². The average Bonchev–Trinajstić information content (AvgIpc) is 2.46. The summed E-state index contributed by atoms with van der Waals surface area (Å²) in [7, 11) is 0. The lowest BCUT2D eigenvalue weighted by atomic mass is 10.1. The molecule has 0 aliphatic heterocycles. The van der Waals surface area contributed by atoms with Crippen LogP contribution in [-0.4, -0.2) is 5.91 Å². The number of amides is 1. The fraction of sp³-hybridized carbons (Fsp3) is 0.235. The van der Waals surface area contributed by atoms with E-state index in [0.717, 1.165) is 23.0 Å². The largest absolute Gasteiger partial charge is 0.326 e. The van der Waals surface area contributed by atoms with Gasteiger partial charge in [-0.15, -0.1) is 0 Å². The minimum atomic E-state index is 0.0610. The third-order valence-corrected chi connectivity index (χ3v) is 3.70. The topological polar surface area (TPSA) is 29.1 Å². The Hall–Kier alpha value is -1.61. The first kappa shape index (κ1) is 14.8. The summed E-state index contributed by atoms with van der Waals surface area (Å²) in [4.78, 5) is 12.0. The van der Waals surface area contributed by atoms with Gasteiger partial charge in [0.05, 0.1) is 0 Å². The van der Waals surface area contributed by atoms with Crippen molar-refractivity contribution in [2.24, 2.45) is 0 Å². The number of anilines is 1. The van der Waals surface area contributed by atoms with Crippen LogP contribution < -0.4 is 5.32 Å². The van der Waals surface area contributed by atoms with Gasteiger partial charge in [0, 0.05) is 16.6 Å². The number of para-hydroxylation sites is 1. The number of benzene rings is 2. The van der Waals surface area contributed by atoms with E-state index < -0.39 is 0 Å². The number of nitrogens with one attached hydrogen (secondary N) is 1. The second-order valence-corrected chi connectivity index (χ2v) is 5.60. The number of hydrogen-bond donors (Lipinski definition) is 1. The van der Waals surface area contributed by atoms with E-state index in [9.17, 15) is 4.79 Å². The first-order chi connectivity index (χ1) is 9.69. The smallest absolute Gasteiger partial charge is 0.224 e. The molecule has 0 fully saturated rings. The molecule has 0 atom stereocenters. The highest BCUT2D eigenvalue weighted by Gasteiger charge is 2.06. The fourth-order valence-corrected chi connectivity index (χ4v) is 2.56. The van der Waals surface area contributed by atoms with Gasteiger partial charge in [0.1, 0.15) is 0 Å². The lowest BCUT2D eigenvalue weighted by molar-refractivity contribution is -0.116. The molecule has 0 aliphatic carbocycles. The molecule has 2 rings (SSSR count). The van der Waals surface area contributed by atoms with Crippen LogP contribution in [0.3, 0.4) is 0 Å². The number of carbonyl (C=O) groups excluding carboxylic acids is 1. The maximum absolute atomic E-state index is 12.0. The molecule has 2 aromatic carbocycles. The van der Waals surface area contributed by atoms with Crippen LogP contribution >= 0.6 is 15.9 Å². The van der Waals surface area contributed by atoms with E-state index in [1.807, 2.05) is 48.5 Å². The summed E-state index contributed by atoms with van der Waals surface area (Å²) in [6.45, 7) is 2.09. The van der Waals surface area contributed by atoms with Crippen LogP contribution in [0.2, 0.25) is 0 Å². The zero-order valence-corrected chi connectivity index (χ0v) is 13.1. The van der Waals surface area contributed by atoms with Crippen LogP contribution in [0.5, 0.6) is 0 Å². The molecule has 1 amide bonds. The molecule has 20 heavy (non-hydrogen) atoms. The standard InChI is InChI=1S/C17H18BrNO/c1-2-14-7-3-4-9-16(14)19-17(20)11-10-13-6-5-8-15(18)12-13/h3-9,12H,2,10-11H2,1H3,(H,19,20). The minimum absolute atomic E-state index is 0.0610. The Balaban J connectivity index is 1.93. The van der Waals surface area contributed by atoms with Gasteiger partial charge in [0.15, 0.2) is 0 Å². The van der Waals surface area contributed by atoms with Gasteiger partial charge >= 0.3 is 0 Å². The fourth-order valence-electron chi connectivity index (χ4n) is 2.11. The van der Waals surface area contributed by atoms with E-state index in [4.69, 9.17) is 0 Å². The lowest BCUT2D eigenvalue weighted by Gasteiger charge is -2.09. The third-order valence-electron chi connectivity index (χ3n) is 3.20. The lowest BCUT2D eigenvalue weighted by Crippen LogP contribution is -2.13. The second-order valence-electron chi connectivity index (χ2n) is 4.69. The maximum atomic E-state index is 12.0. The monoisotopic (exact) mass is 331 g/mol. The van der Waals surface area contributed by atoms with Gasteiger partial charge in [-0.05, 0) is 42.2 Å². The summed E-state index contributed by atoms with van der Waals surface area (Å²) in [6.07, 6.45) is 2.16. The molecule has 2 nitrogen and oxygen atoms in total. The zero-order valence-electron chi connectivity index (χ0n) is 11.5.